The Kier molecular flexibility index (Phi) is 5.50. The molecule has 0 bridgehead atoms. The van der Waals surface area contributed by atoms with E-state index in [0.717, 1.165) is 13.1 Å². The maximum atomic E-state index is 10.8. The smallest absolute Gasteiger partial charge is 0.290 e. The van der Waals surface area contributed by atoms with E-state index in [1.54, 1.807) is 13.0 Å². The number of rotatable bonds is 6. The topological polar surface area (TPSA) is 71.3 Å². The molecule has 0 aromatic carbocycles. The highest BCUT2D eigenvalue weighted by Gasteiger charge is 2.20. The number of hydrogen-bond donors (Lipinski definition) is 1. The predicted octanol–water partition coefficient (Wildman–Crippen LogP) is 2.97. The number of nitrogens with zero attached hydrogens (tertiary/aromatic N) is 3. The number of anilines is 1. The summed E-state index contributed by atoms with van der Waals surface area (Å²) in [5.41, 5.74) is 0.713. The maximum absolute atomic E-state index is 10.8. The Morgan fingerprint density at radius 3 is 3.00 bits per heavy atom. The van der Waals surface area contributed by atoms with Crippen molar-refractivity contribution in [1.82, 2.24) is 9.88 Å². The van der Waals surface area contributed by atoms with Crippen molar-refractivity contribution in [2.45, 2.75) is 45.6 Å². The normalized spacial score (nSPS) is 19.4. The summed E-state index contributed by atoms with van der Waals surface area (Å²) in [6, 6.07) is 2.44. The summed E-state index contributed by atoms with van der Waals surface area (Å²) in [5, 5.41) is 14.0. The van der Waals surface area contributed by atoms with Crippen LogP contribution in [0.1, 0.15) is 38.2 Å². The van der Waals surface area contributed by atoms with Crippen LogP contribution in [0.25, 0.3) is 0 Å². The first kappa shape index (κ1) is 15.7. The van der Waals surface area contributed by atoms with Crippen LogP contribution in [0.2, 0.25) is 0 Å². The third-order valence-electron chi connectivity index (χ3n) is 4.21. The minimum absolute atomic E-state index is 0.0719. The molecular weight excluding hydrogens is 268 g/mol. The second-order valence-electron chi connectivity index (χ2n) is 5.63. The van der Waals surface area contributed by atoms with Crippen LogP contribution in [0.5, 0.6) is 0 Å². The number of nitrogens with one attached hydrogen (secondary N) is 1. The largest absolute Gasteiger partial charge is 0.369 e. The zero-order valence-corrected chi connectivity index (χ0v) is 12.8. The molecule has 1 saturated heterocycles. The van der Waals surface area contributed by atoms with Crippen LogP contribution < -0.4 is 5.32 Å². The molecule has 0 radical (unpaired) electrons. The average Bonchev–Trinajstić information content (AvgIpc) is 2.47. The summed E-state index contributed by atoms with van der Waals surface area (Å²) < 4.78 is 0. The van der Waals surface area contributed by atoms with E-state index < -0.39 is 4.92 Å². The molecule has 1 fully saturated rings. The number of pyridine rings is 1. The molecule has 21 heavy (non-hydrogen) atoms. The van der Waals surface area contributed by atoms with E-state index in [0.29, 0.717) is 17.4 Å². The van der Waals surface area contributed by atoms with Crippen molar-refractivity contribution in [3.8, 4) is 0 Å². The van der Waals surface area contributed by atoms with Gasteiger partial charge in [-0.3, -0.25) is 15.0 Å². The van der Waals surface area contributed by atoms with Crippen LogP contribution in [0.15, 0.2) is 12.3 Å². The summed E-state index contributed by atoms with van der Waals surface area (Å²) in [7, 11) is 0. The Bertz CT molecular complexity index is 493. The molecule has 0 aliphatic carbocycles. The second kappa shape index (κ2) is 7.36. The quantitative estimate of drug-likeness (QED) is 0.644. The van der Waals surface area contributed by atoms with Gasteiger partial charge in [0.25, 0.3) is 5.69 Å². The van der Waals surface area contributed by atoms with Crippen LogP contribution in [-0.4, -0.2) is 40.5 Å². The monoisotopic (exact) mass is 292 g/mol. The van der Waals surface area contributed by atoms with Crippen molar-refractivity contribution in [2.24, 2.45) is 0 Å². The van der Waals surface area contributed by atoms with Crippen molar-refractivity contribution in [3.63, 3.8) is 0 Å². The molecule has 1 aromatic heterocycles. The van der Waals surface area contributed by atoms with Crippen LogP contribution in [0.3, 0.4) is 0 Å². The fourth-order valence-electron chi connectivity index (χ4n) is 2.98. The van der Waals surface area contributed by atoms with Gasteiger partial charge in [0.15, 0.2) is 0 Å². The van der Waals surface area contributed by atoms with E-state index >= 15 is 0 Å². The van der Waals surface area contributed by atoms with Crippen LogP contribution in [0.4, 0.5) is 11.5 Å². The van der Waals surface area contributed by atoms with Gasteiger partial charge in [-0.2, -0.15) is 0 Å². The van der Waals surface area contributed by atoms with Gasteiger partial charge in [-0.15, -0.1) is 0 Å². The molecule has 1 aromatic rings. The second-order valence-corrected chi connectivity index (χ2v) is 5.63. The number of hydrogen-bond acceptors (Lipinski definition) is 5. The van der Waals surface area contributed by atoms with Crippen molar-refractivity contribution < 1.29 is 4.92 Å². The van der Waals surface area contributed by atoms with Gasteiger partial charge in [0.1, 0.15) is 12.0 Å². The van der Waals surface area contributed by atoms with E-state index in [1.165, 1.54) is 38.4 Å². The van der Waals surface area contributed by atoms with E-state index in [4.69, 9.17) is 0 Å². The summed E-state index contributed by atoms with van der Waals surface area (Å²) >= 11 is 0. The fraction of sp³-hybridized carbons (Fsp3) is 0.667. The number of aryl methyl sites for hydroxylation is 1. The molecule has 1 unspecified atom stereocenters. The van der Waals surface area contributed by atoms with E-state index in [2.05, 4.69) is 22.1 Å². The summed E-state index contributed by atoms with van der Waals surface area (Å²) in [4.78, 5) is 17.0. The van der Waals surface area contributed by atoms with Crippen LogP contribution >= 0.6 is 0 Å². The molecule has 2 heterocycles. The Morgan fingerprint density at radius 1 is 1.52 bits per heavy atom. The third-order valence-corrected chi connectivity index (χ3v) is 4.21. The minimum atomic E-state index is -0.397. The third kappa shape index (κ3) is 4.14. The number of aromatic nitrogens is 1. The van der Waals surface area contributed by atoms with Crippen molar-refractivity contribution in [2.75, 3.05) is 25.0 Å². The van der Waals surface area contributed by atoms with E-state index in [-0.39, 0.29) is 5.69 Å². The van der Waals surface area contributed by atoms with Gasteiger partial charge in [-0.25, -0.2) is 4.98 Å². The van der Waals surface area contributed by atoms with Gasteiger partial charge in [0, 0.05) is 24.7 Å². The van der Waals surface area contributed by atoms with Crippen LogP contribution in [0, 0.1) is 17.0 Å². The molecule has 0 amide bonds. The van der Waals surface area contributed by atoms with Crippen molar-refractivity contribution >= 4 is 11.5 Å². The number of likely N-dealkylation sites (tertiary alicyclic amines) is 1. The van der Waals surface area contributed by atoms with Gasteiger partial charge < -0.3 is 5.32 Å². The highest BCUT2D eigenvalue weighted by molar-refractivity contribution is 5.46. The van der Waals surface area contributed by atoms with Gasteiger partial charge >= 0.3 is 0 Å². The summed E-state index contributed by atoms with van der Waals surface area (Å²) in [6.07, 6.45) is 6.45. The Balaban J connectivity index is 1.85. The molecule has 2 rings (SSSR count). The first-order valence-corrected chi connectivity index (χ1v) is 7.70. The molecule has 1 aliphatic rings. The van der Waals surface area contributed by atoms with Gasteiger partial charge in [-0.05, 0) is 38.8 Å². The zero-order chi connectivity index (χ0) is 15.2. The highest BCUT2D eigenvalue weighted by atomic mass is 16.6. The highest BCUT2D eigenvalue weighted by Crippen LogP contribution is 2.20. The number of nitro groups is 1. The first-order valence-electron chi connectivity index (χ1n) is 7.70. The number of piperidine rings is 1. The molecule has 6 heteroatoms. The summed E-state index contributed by atoms with van der Waals surface area (Å²) in [5.74, 6) is 0.711. The van der Waals surface area contributed by atoms with Crippen molar-refractivity contribution in [3.05, 3.63) is 27.9 Å². The van der Waals surface area contributed by atoms with Gasteiger partial charge in [-0.1, -0.05) is 13.3 Å². The molecule has 1 N–H and O–H groups in total. The molecule has 1 aliphatic heterocycles. The predicted molar refractivity (Wildman–Crippen MR) is 83.6 cm³/mol. The Morgan fingerprint density at radius 2 is 2.33 bits per heavy atom. The van der Waals surface area contributed by atoms with Crippen molar-refractivity contribution in [1.29, 1.82) is 0 Å². The van der Waals surface area contributed by atoms with Gasteiger partial charge in [0.05, 0.1) is 4.92 Å². The van der Waals surface area contributed by atoms with E-state index in [1.807, 2.05) is 0 Å². The Hall–Kier alpha value is -1.69. The molecule has 6 nitrogen and oxygen atoms in total. The SMILES string of the molecule is CCC1CCCCN1CCNc1cc(C)c([N+](=O)[O-])cn1. The van der Waals surface area contributed by atoms with E-state index in [9.17, 15) is 10.1 Å². The zero-order valence-electron chi connectivity index (χ0n) is 12.8. The molecule has 1 atom stereocenters. The lowest BCUT2D eigenvalue weighted by Crippen LogP contribution is -2.41. The lowest BCUT2D eigenvalue weighted by molar-refractivity contribution is -0.385. The lowest BCUT2D eigenvalue weighted by Gasteiger charge is -2.35. The molecule has 0 spiro atoms. The van der Waals surface area contributed by atoms with Crippen LogP contribution in [-0.2, 0) is 0 Å². The minimum Gasteiger partial charge on any atom is -0.369 e. The summed E-state index contributed by atoms with van der Waals surface area (Å²) in [6.45, 7) is 6.98. The average molecular weight is 292 g/mol. The standard InChI is InChI=1S/C15H24N4O2/c1-3-13-6-4-5-8-18(13)9-7-16-15-10-12(2)14(11-17-15)19(20)21/h10-11,13H,3-9H2,1-2H3,(H,16,17). The Labute approximate surface area is 125 Å². The molecule has 0 saturated carbocycles. The molecule has 116 valence electrons. The maximum Gasteiger partial charge on any atom is 0.290 e. The first-order chi connectivity index (χ1) is 10.1. The fourth-order valence-corrected chi connectivity index (χ4v) is 2.98. The van der Waals surface area contributed by atoms with Gasteiger partial charge in [0.2, 0.25) is 0 Å². The molecular formula is C15H24N4O2. The lowest BCUT2D eigenvalue weighted by atomic mass is 10.0.